The highest BCUT2D eigenvalue weighted by atomic mass is 35.5. The maximum Gasteiger partial charge on any atom is 0.347 e. The Bertz CT molecular complexity index is 575. The van der Waals surface area contributed by atoms with Crippen LogP contribution in [-0.2, 0) is 19.1 Å². The molecule has 0 heterocycles. The summed E-state index contributed by atoms with van der Waals surface area (Å²) in [5.41, 5.74) is 1.09. The second-order valence-electron chi connectivity index (χ2n) is 3.64. The molecule has 0 bridgehead atoms. The average Bonchev–Trinajstić information content (AvgIpc) is 2.44. The minimum Gasteiger partial charge on any atom is -0.503 e. The molecule has 1 N–H and O–H groups in total. The molecule has 20 heavy (non-hydrogen) atoms. The van der Waals surface area contributed by atoms with Crippen LogP contribution in [0.15, 0.2) is 35.6 Å². The van der Waals surface area contributed by atoms with Gasteiger partial charge in [-0.3, -0.25) is 0 Å². The number of aliphatic carboxylic acids is 1. The lowest BCUT2D eigenvalue weighted by atomic mass is 10.00. The van der Waals surface area contributed by atoms with Crippen LogP contribution in [0.5, 0.6) is 0 Å². The largest absolute Gasteiger partial charge is 0.503 e. The molecule has 0 saturated carbocycles. The summed E-state index contributed by atoms with van der Waals surface area (Å²) in [6, 6.07) is 6.67. The number of ether oxygens (including phenoxy) is 2. The van der Waals surface area contributed by atoms with Gasteiger partial charge >= 0.3 is 11.9 Å². The van der Waals surface area contributed by atoms with Gasteiger partial charge < -0.3 is 14.6 Å². The number of carbonyl (C=O) groups is 2. The van der Waals surface area contributed by atoms with Gasteiger partial charge in [0.1, 0.15) is 10.6 Å². The molecule has 106 valence electrons. The van der Waals surface area contributed by atoms with Crippen LogP contribution in [0.1, 0.15) is 11.1 Å². The zero-order chi connectivity index (χ0) is 15.1. The van der Waals surface area contributed by atoms with Crippen LogP contribution in [0.25, 0.3) is 11.6 Å². The Balaban J connectivity index is 3.38. The molecule has 1 rings (SSSR count). The molecule has 6 heteroatoms. The van der Waals surface area contributed by atoms with Crippen molar-refractivity contribution in [1.82, 2.24) is 0 Å². The monoisotopic (exact) mass is 296 g/mol. The molecule has 0 atom stereocenters. The number of carboxylic acid groups (broad SMARTS) is 1. The third-order valence-corrected chi connectivity index (χ3v) is 2.65. The number of hydrogen-bond donors (Lipinski definition) is 1. The fourth-order valence-electron chi connectivity index (χ4n) is 1.52. The van der Waals surface area contributed by atoms with Crippen molar-refractivity contribution in [2.75, 3.05) is 14.2 Å². The normalized spacial score (nSPS) is 11.9. The van der Waals surface area contributed by atoms with Crippen LogP contribution in [0.2, 0.25) is 0 Å². The number of carboxylic acids is 1. The van der Waals surface area contributed by atoms with Crippen molar-refractivity contribution < 1.29 is 24.2 Å². The lowest BCUT2D eigenvalue weighted by molar-refractivity contribution is -0.134. The summed E-state index contributed by atoms with van der Waals surface area (Å²) in [4.78, 5) is 22.5. The van der Waals surface area contributed by atoms with Crippen molar-refractivity contribution in [2.24, 2.45) is 0 Å². The van der Waals surface area contributed by atoms with Gasteiger partial charge in [0.2, 0.25) is 0 Å². The molecule has 1 aromatic carbocycles. The van der Waals surface area contributed by atoms with E-state index in [0.29, 0.717) is 11.1 Å². The first-order chi connectivity index (χ1) is 9.51. The molecular weight excluding hydrogens is 284 g/mol. The van der Waals surface area contributed by atoms with Gasteiger partial charge in [0, 0.05) is 0 Å². The molecule has 0 aliphatic heterocycles. The zero-order valence-electron chi connectivity index (χ0n) is 10.9. The molecule has 5 nitrogen and oxygen atoms in total. The zero-order valence-corrected chi connectivity index (χ0v) is 11.7. The number of carbonyl (C=O) groups excluding carboxylic acids is 1. The number of esters is 1. The Morgan fingerprint density at radius 3 is 2.45 bits per heavy atom. The van der Waals surface area contributed by atoms with E-state index < -0.39 is 11.9 Å². The Labute approximate surface area is 121 Å². The molecule has 0 radical (unpaired) electrons. The number of rotatable bonds is 5. The standard InChI is InChI=1S/C14H13ClO5/c1-19-8-11(14(18)20-2)10-6-4-3-5-9(10)7-12(15)13(16)17/h3-8H,1-2H3,(H,16,17). The fourth-order valence-corrected chi connectivity index (χ4v) is 1.63. The molecular formula is C14H13ClO5. The van der Waals surface area contributed by atoms with Gasteiger partial charge in [0.15, 0.2) is 0 Å². The lowest BCUT2D eigenvalue weighted by Gasteiger charge is -2.09. The molecule has 0 saturated heterocycles. The number of benzene rings is 1. The SMILES string of the molecule is COC=C(C(=O)OC)c1ccccc1C=C(Cl)C(=O)O. The molecule has 0 aromatic heterocycles. The first-order valence-electron chi connectivity index (χ1n) is 5.52. The van der Waals surface area contributed by atoms with E-state index in [1.54, 1.807) is 24.3 Å². The predicted molar refractivity (Wildman–Crippen MR) is 74.9 cm³/mol. The van der Waals surface area contributed by atoms with E-state index >= 15 is 0 Å². The molecule has 0 aliphatic carbocycles. The maximum atomic E-state index is 11.7. The van der Waals surface area contributed by atoms with Crippen LogP contribution >= 0.6 is 11.6 Å². The van der Waals surface area contributed by atoms with Gasteiger partial charge in [-0.2, -0.15) is 0 Å². The van der Waals surface area contributed by atoms with Crippen LogP contribution in [0, 0.1) is 0 Å². The van der Waals surface area contributed by atoms with Crippen LogP contribution in [-0.4, -0.2) is 31.3 Å². The third kappa shape index (κ3) is 3.86. The number of hydrogen-bond acceptors (Lipinski definition) is 4. The second-order valence-corrected chi connectivity index (χ2v) is 4.05. The minimum atomic E-state index is -1.25. The van der Waals surface area contributed by atoms with Gasteiger partial charge in [0.05, 0.1) is 20.5 Å². The Hall–Kier alpha value is -2.27. The van der Waals surface area contributed by atoms with Crippen molar-refractivity contribution >= 4 is 35.2 Å². The summed E-state index contributed by atoms with van der Waals surface area (Å²) in [7, 11) is 2.64. The first-order valence-corrected chi connectivity index (χ1v) is 5.90. The summed E-state index contributed by atoms with van der Waals surface area (Å²) < 4.78 is 9.53. The van der Waals surface area contributed by atoms with Crippen molar-refractivity contribution in [3.63, 3.8) is 0 Å². The Morgan fingerprint density at radius 2 is 1.90 bits per heavy atom. The smallest absolute Gasteiger partial charge is 0.347 e. The van der Waals surface area contributed by atoms with Crippen LogP contribution in [0.3, 0.4) is 0 Å². The number of halogens is 1. The van der Waals surface area contributed by atoms with E-state index in [9.17, 15) is 9.59 Å². The molecule has 0 aliphatic rings. The predicted octanol–water partition coefficient (Wildman–Crippen LogP) is 2.51. The topological polar surface area (TPSA) is 72.8 Å². The van der Waals surface area contributed by atoms with Crippen molar-refractivity contribution in [3.05, 3.63) is 46.7 Å². The Kier molecular flexibility index (Phi) is 5.80. The van der Waals surface area contributed by atoms with Crippen molar-refractivity contribution in [1.29, 1.82) is 0 Å². The quantitative estimate of drug-likeness (QED) is 0.513. The van der Waals surface area contributed by atoms with Gasteiger partial charge in [-0.1, -0.05) is 35.9 Å². The van der Waals surface area contributed by atoms with E-state index in [1.807, 2.05) is 0 Å². The van der Waals surface area contributed by atoms with E-state index in [0.717, 1.165) is 0 Å². The summed E-state index contributed by atoms with van der Waals surface area (Å²) >= 11 is 5.61. The highest BCUT2D eigenvalue weighted by molar-refractivity contribution is 6.43. The first kappa shape index (κ1) is 15.8. The molecule has 0 fully saturated rings. The summed E-state index contributed by atoms with van der Waals surface area (Å²) in [5, 5.41) is 8.44. The van der Waals surface area contributed by atoms with Gasteiger partial charge in [0.25, 0.3) is 0 Å². The second kappa shape index (κ2) is 7.35. The van der Waals surface area contributed by atoms with E-state index in [1.165, 1.54) is 26.6 Å². The van der Waals surface area contributed by atoms with Crippen molar-refractivity contribution in [3.8, 4) is 0 Å². The van der Waals surface area contributed by atoms with Gasteiger partial charge in [-0.15, -0.1) is 0 Å². The van der Waals surface area contributed by atoms with E-state index in [4.69, 9.17) is 21.4 Å². The Morgan fingerprint density at radius 1 is 1.25 bits per heavy atom. The highest BCUT2D eigenvalue weighted by Crippen LogP contribution is 2.23. The molecule has 1 aromatic rings. The summed E-state index contributed by atoms with van der Waals surface area (Å²) in [6.07, 6.45) is 2.48. The van der Waals surface area contributed by atoms with E-state index in [-0.39, 0.29) is 10.6 Å². The number of methoxy groups -OCH3 is 2. The molecule has 0 unspecified atom stereocenters. The van der Waals surface area contributed by atoms with Gasteiger partial charge in [-0.05, 0) is 17.2 Å². The third-order valence-electron chi connectivity index (χ3n) is 2.38. The summed E-state index contributed by atoms with van der Waals surface area (Å²) in [5.74, 6) is -1.85. The van der Waals surface area contributed by atoms with Crippen molar-refractivity contribution in [2.45, 2.75) is 0 Å². The highest BCUT2D eigenvalue weighted by Gasteiger charge is 2.16. The van der Waals surface area contributed by atoms with E-state index in [2.05, 4.69) is 4.74 Å². The fraction of sp³-hybridized carbons (Fsp3) is 0.143. The maximum absolute atomic E-state index is 11.7. The summed E-state index contributed by atoms with van der Waals surface area (Å²) in [6.45, 7) is 0. The van der Waals surface area contributed by atoms with Crippen LogP contribution in [0.4, 0.5) is 0 Å². The lowest BCUT2D eigenvalue weighted by Crippen LogP contribution is -2.06. The molecule has 0 spiro atoms. The molecule has 0 amide bonds. The van der Waals surface area contributed by atoms with Gasteiger partial charge in [-0.25, -0.2) is 9.59 Å². The average molecular weight is 297 g/mol. The minimum absolute atomic E-state index is 0.164. The van der Waals surface area contributed by atoms with Crippen LogP contribution < -0.4 is 0 Å².